The maximum absolute atomic E-state index is 13.6. The van der Waals surface area contributed by atoms with E-state index in [-0.39, 0.29) is 17.7 Å². The molecule has 110 valence electrons. The van der Waals surface area contributed by atoms with Gasteiger partial charge in [0, 0.05) is 0 Å². The van der Waals surface area contributed by atoms with Crippen LogP contribution in [0.4, 0.5) is 4.39 Å². The summed E-state index contributed by atoms with van der Waals surface area (Å²) >= 11 is 3.27. The van der Waals surface area contributed by atoms with Crippen LogP contribution in [0.5, 0.6) is 0 Å². The van der Waals surface area contributed by atoms with Crippen LogP contribution < -0.4 is 0 Å². The molecular formula is C16H20BrFO2. The fourth-order valence-electron chi connectivity index (χ4n) is 3.27. The van der Waals surface area contributed by atoms with E-state index in [0.29, 0.717) is 16.8 Å². The monoisotopic (exact) mass is 342 g/mol. The molecule has 0 radical (unpaired) electrons. The molecule has 2 nitrogen and oxygen atoms in total. The molecule has 4 heteroatoms. The number of hydrogen-bond acceptors (Lipinski definition) is 1. The molecule has 0 aromatic heterocycles. The summed E-state index contributed by atoms with van der Waals surface area (Å²) in [5, 5.41) is 9.38. The molecule has 0 bridgehead atoms. The van der Waals surface area contributed by atoms with Gasteiger partial charge in [0.2, 0.25) is 0 Å². The molecule has 1 aromatic carbocycles. The van der Waals surface area contributed by atoms with E-state index in [1.165, 1.54) is 6.07 Å². The van der Waals surface area contributed by atoms with E-state index >= 15 is 0 Å². The Labute approximate surface area is 127 Å². The molecule has 0 heterocycles. The largest absolute Gasteiger partial charge is 0.481 e. The highest BCUT2D eigenvalue weighted by Crippen LogP contribution is 2.38. The van der Waals surface area contributed by atoms with E-state index < -0.39 is 5.97 Å². The highest BCUT2D eigenvalue weighted by molar-refractivity contribution is 9.10. The zero-order valence-corrected chi connectivity index (χ0v) is 13.2. The lowest BCUT2D eigenvalue weighted by atomic mass is 9.71. The zero-order valence-electron chi connectivity index (χ0n) is 11.6. The molecule has 0 aliphatic heterocycles. The molecule has 20 heavy (non-hydrogen) atoms. The molecule has 0 spiro atoms. The second-order valence-corrected chi connectivity index (χ2v) is 6.50. The predicted molar refractivity (Wildman–Crippen MR) is 80.1 cm³/mol. The number of hydrogen-bond donors (Lipinski definition) is 1. The van der Waals surface area contributed by atoms with Crippen LogP contribution in [-0.2, 0) is 11.2 Å². The van der Waals surface area contributed by atoms with Crippen molar-refractivity contribution in [2.24, 2.45) is 17.8 Å². The Balaban J connectivity index is 2.18. The average Bonchev–Trinajstić information content (AvgIpc) is 2.43. The number of benzene rings is 1. The quantitative estimate of drug-likeness (QED) is 0.863. The van der Waals surface area contributed by atoms with Gasteiger partial charge in [0.1, 0.15) is 5.82 Å². The molecule has 3 atom stereocenters. The van der Waals surface area contributed by atoms with E-state index in [0.717, 1.165) is 31.2 Å². The van der Waals surface area contributed by atoms with Crippen molar-refractivity contribution in [3.05, 3.63) is 34.1 Å². The molecule has 1 aliphatic carbocycles. The lowest BCUT2D eigenvalue weighted by molar-refractivity contribution is -0.145. The van der Waals surface area contributed by atoms with Gasteiger partial charge in [0.15, 0.2) is 0 Å². The average molecular weight is 343 g/mol. The van der Waals surface area contributed by atoms with Gasteiger partial charge in [-0.1, -0.05) is 25.5 Å². The van der Waals surface area contributed by atoms with Crippen LogP contribution >= 0.6 is 15.9 Å². The van der Waals surface area contributed by atoms with Crippen molar-refractivity contribution in [2.75, 3.05) is 0 Å². The van der Waals surface area contributed by atoms with Crippen LogP contribution in [0.1, 0.15) is 38.2 Å². The molecule has 3 unspecified atom stereocenters. The summed E-state index contributed by atoms with van der Waals surface area (Å²) in [7, 11) is 0. The minimum atomic E-state index is -0.711. The number of aliphatic carboxylic acids is 1. The number of carboxylic acids is 1. The van der Waals surface area contributed by atoms with Crippen molar-refractivity contribution in [3.63, 3.8) is 0 Å². The van der Waals surface area contributed by atoms with Gasteiger partial charge in [-0.3, -0.25) is 4.79 Å². The third-order valence-corrected chi connectivity index (χ3v) is 5.39. The lowest BCUT2D eigenvalue weighted by Gasteiger charge is -2.34. The summed E-state index contributed by atoms with van der Waals surface area (Å²) in [4.78, 5) is 11.4. The van der Waals surface area contributed by atoms with Crippen molar-refractivity contribution >= 4 is 21.9 Å². The molecule has 1 fully saturated rings. The normalized spacial score (nSPS) is 26.4. The maximum Gasteiger partial charge on any atom is 0.306 e. The highest BCUT2D eigenvalue weighted by atomic mass is 79.9. The molecule has 0 saturated heterocycles. The first-order chi connectivity index (χ1) is 9.52. The van der Waals surface area contributed by atoms with Gasteiger partial charge in [-0.25, -0.2) is 4.39 Å². The molecule has 1 aliphatic rings. The number of halogens is 2. The highest BCUT2D eigenvalue weighted by Gasteiger charge is 2.34. The Morgan fingerprint density at radius 2 is 2.20 bits per heavy atom. The minimum Gasteiger partial charge on any atom is -0.481 e. The van der Waals surface area contributed by atoms with Crippen molar-refractivity contribution in [1.82, 2.24) is 0 Å². The Bertz CT molecular complexity index is 489. The number of carboxylic acid groups (broad SMARTS) is 1. The number of carbonyl (C=O) groups is 1. The van der Waals surface area contributed by atoms with Gasteiger partial charge in [-0.05, 0) is 65.1 Å². The summed E-state index contributed by atoms with van der Waals surface area (Å²) in [5.41, 5.74) is 0.873. The van der Waals surface area contributed by atoms with Crippen LogP contribution in [0, 0.1) is 23.6 Å². The topological polar surface area (TPSA) is 37.3 Å². The van der Waals surface area contributed by atoms with Gasteiger partial charge in [0.25, 0.3) is 0 Å². The summed E-state index contributed by atoms with van der Waals surface area (Å²) in [6.45, 7) is 2.15. The van der Waals surface area contributed by atoms with Crippen molar-refractivity contribution in [3.8, 4) is 0 Å². The third-order valence-electron chi connectivity index (χ3n) is 4.50. The fourth-order valence-corrected chi connectivity index (χ4v) is 3.70. The number of rotatable bonds is 4. The molecule has 1 aromatic rings. The predicted octanol–water partition coefficient (Wildman–Crippen LogP) is 4.66. The van der Waals surface area contributed by atoms with Gasteiger partial charge < -0.3 is 5.11 Å². The van der Waals surface area contributed by atoms with E-state index in [2.05, 4.69) is 22.9 Å². The smallest absolute Gasteiger partial charge is 0.306 e. The first-order valence-corrected chi connectivity index (χ1v) is 7.97. The molecular weight excluding hydrogens is 323 g/mol. The van der Waals surface area contributed by atoms with Gasteiger partial charge in [-0.2, -0.15) is 0 Å². The Morgan fingerprint density at radius 1 is 1.45 bits per heavy atom. The standard InChI is InChI=1S/C16H20BrFO2/c1-2-10-6-7-13(16(19)20)12(8-10)9-11-4-3-5-14(18)15(11)17/h3-5,10,12-13H,2,6-9H2,1H3,(H,19,20). The lowest BCUT2D eigenvalue weighted by Crippen LogP contribution is -2.32. The summed E-state index contributed by atoms with van der Waals surface area (Å²) < 4.78 is 14.0. The van der Waals surface area contributed by atoms with Gasteiger partial charge >= 0.3 is 5.97 Å². The Hall–Kier alpha value is -0.900. The van der Waals surface area contributed by atoms with Crippen LogP contribution in [0.25, 0.3) is 0 Å². The Morgan fingerprint density at radius 3 is 2.85 bits per heavy atom. The van der Waals surface area contributed by atoms with Crippen molar-refractivity contribution in [1.29, 1.82) is 0 Å². The van der Waals surface area contributed by atoms with Crippen molar-refractivity contribution in [2.45, 2.75) is 39.0 Å². The Kier molecular flexibility index (Phi) is 5.19. The van der Waals surface area contributed by atoms with Gasteiger partial charge in [0.05, 0.1) is 10.4 Å². The van der Waals surface area contributed by atoms with E-state index in [1.807, 2.05) is 6.07 Å². The molecule has 2 rings (SSSR count). The van der Waals surface area contributed by atoms with Crippen LogP contribution in [0.15, 0.2) is 22.7 Å². The maximum atomic E-state index is 13.6. The molecule has 1 saturated carbocycles. The van der Waals surface area contributed by atoms with E-state index in [4.69, 9.17) is 0 Å². The molecule has 1 N–H and O–H groups in total. The SMILES string of the molecule is CCC1CCC(C(=O)O)C(Cc2cccc(F)c2Br)C1. The summed E-state index contributed by atoms with van der Waals surface area (Å²) in [6.07, 6.45) is 4.38. The summed E-state index contributed by atoms with van der Waals surface area (Å²) in [5.74, 6) is -0.588. The molecule has 0 amide bonds. The van der Waals surface area contributed by atoms with E-state index in [9.17, 15) is 14.3 Å². The van der Waals surface area contributed by atoms with Crippen molar-refractivity contribution < 1.29 is 14.3 Å². The van der Waals surface area contributed by atoms with Crippen LogP contribution in [-0.4, -0.2) is 11.1 Å². The van der Waals surface area contributed by atoms with Crippen LogP contribution in [0.3, 0.4) is 0 Å². The summed E-state index contributed by atoms with van der Waals surface area (Å²) in [6, 6.07) is 4.98. The fraction of sp³-hybridized carbons (Fsp3) is 0.562. The minimum absolute atomic E-state index is 0.101. The zero-order chi connectivity index (χ0) is 14.7. The first kappa shape index (κ1) is 15.5. The van der Waals surface area contributed by atoms with E-state index in [1.54, 1.807) is 6.07 Å². The first-order valence-electron chi connectivity index (χ1n) is 7.18. The second kappa shape index (κ2) is 6.70. The van der Waals surface area contributed by atoms with Crippen LogP contribution in [0.2, 0.25) is 0 Å². The third kappa shape index (κ3) is 3.40. The van der Waals surface area contributed by atoms with Gasteiger partial charge in [-0.15, -0.1) is 0 Å². The second-order valence-electron chi connectivity index (χ2n) is 5.71.